The Morgan fingerprint density at radius 3 is 2.60 bits per heavy atom. The Morgan fingerprint density at radius 1 is 1.36 bits per heavy atom. The number of rotatable bonds is 7. The van der Waals surface area contributed by atoms with Crippen molar-refractivity contribution in [1.82, 2.24) is 20.1 Å². The minimum atomic E-state index is -3.20. The Balaban J connectivity index is 0.00000312. The zero-order chi connectivity index (χ0) is 17.7. The van der Waals surface area contributed by atoms with Gasteiger partial charge in [0, 0.05) is 19.4 Å². The molecule has 8 nitrogen and oxygen atoms in total. The molecule has 2 heterocycles. The van der Waals surface area contributed by atoms with Crippen molar-refractivity contribution in [2.24, 2.45) is 13.0 Å². The SMILES string of the molecule is CC(C)CS(=O)(=O)CCC(=O)Nc1nc(C2CCNCC2)nn1C.Cl. The van der Waals surface area contributed by atoms with E-state index in [0.717, 1.165) is 31.8 Å². The highest BCUT2D eigenvalue weighted by Crippen LogP contribution is 2.23. The van der Waals surface area contributed by atoms with E-state index in [0.29, 0.717) is 11.9 Å². The van der Waals surface area contributed by atoms with Crippen molar-refractivity contribution in [3.8, 4) is 0 Å². The fourth-order valence-electron chi connectivity index (χ4n) is 2.79. The first-order valence-electron chi connectivity index (χ1n) is 8.39. The summed E-state index contributed by atoms with van der Waals surface area (Å²) < 4.78 is 25.3. The van der Waals surface area contributed by atoms with Gasteiger partial charge in [-0.2, -0.15) is 10.1 Å². The second kappa shape index (κ2) is 9.49. The lowest BCUT2D eigenvalue weighted by atomic mass is 9.98. The van der Waals surface area contributed by atoms with Crippen LogP contribution in [0.2, 0.25) is 0 Å². The molecule has 2 rings (SSSR count). The molecule has 1 saturated heterocycles. The summed E-state index contributed by atoms with van der Waals surface area (Å²) in [6, 6.07) is 0. The highest BCUT2D eigenvalue weighted by molar-refractivity contribution is 7.91. The van der Waals surface area contributed by atoms with Gasteiger partial charge in [0.15, 0.2) is 15.7 Å². The number of halogens is 1. The zero-order valence-electron chi connectivity index (χ0n) is 15.0. The van der Waals surface area contributed by atoms with Crippen molar-refractivity contribution in [2.75, 3.05) is 29.9 Å². The van der Waals surface area contributed by atoms with Crippen LogP contribution in [0.15, 0.2) is 0 Å². The van der Waals surface area contributed by atoms with Gasteiger partial charge in [0.25, 0.3) is 0 Å². The first-order valence-corrected chi connectivity index (χ1v) is 10.2. The fourth-order valence-corrected chi connectivity index (χ4v) is 4.47. The molecular weight excluding hydrogens is 366 g/mol. The number of nitrogens with one attached hydrogen (secondary N) is 2. The number of aryl methyl sites for hydroxylation is 1. The van der Waals surface area contributed by atoms with E-state index in [4.69, 9.17) is 0 Å². The van der Waals surface area contributed by atoms with E-state index in [1.165, 1.54) is 4.68 Å². The summed E-state index contributed by atoms with van der Waals surface area (Å²) in [6.07, 6.45) is 1.89. The molecule has 1 amide bonds. The number of hydrogen-bond donors (Lipinski definition) is 2. The van der Waals surface area contributed by atoms with Gasteiger partial charge in [0.1, 0.15) is 0 Å². The van der Waals surface area contributed by atoms with Crippen LogP contribution in [0.5, 0.6) is 0 Å². The summed E-state index contributed by atoms with van der Waals surface area (Å²) >= 11 is 0. The maximum Gasteiger partial charge on any atom is 0.227 e. The molecule has 10 heteroatoms. The number of carbonyl (C=O) groups excluding carboxylic acids is 1. The van der Waals surface area contributed by atoms with Crippen LogP contribution in [0.25, 0.3) is 0 Å². The maximum atomic E-state index is 12.0. The standard InChI is InChI=1S/C15H27N5O3S.ClH/c1-11(2)10-24(22,23)9-6-13(21)17-15-18-14(19-20(15)3)12-4-7-16-8-5-12;/h11-12,16H,4-10H2,1-3H3,(H,17,18,19,21);1H. The maximum absolute atomic E-state index is 12.0. The Morgan fingerprint density at radius 2 is 2.00 bits per heavy atom. The largest absolute Gasteiger partial charge is 0.317 e. The van der Waals surface area contributed by atoms with Crippen molar-refractivity contribution in [2.45, 2.75) is 39.0 Å². The van der Waals surface area contributed by atoms with E-state index in [-0.39, 0.29) is 42.2 Å². The average molecular weight is 394 g/mol. The number of piperidine rings is 1. The summed E-state index contributed by atoms with van der Waals surface area (Å²) in [5.74, 6) is 1.07. The molecule has 0 spiro atoms. The number of hydrogen-bond acceptors (Lipinski definition) is 6. The van der Waals surface area contributed by atoms with Gasteiger partial charge in [-0.3, -0.25) is 10.1 Å². The number of amides is 1. The fraction of sp³-hybridized carbons (Fsp3) is 0.800. The molecule has 0 saturated carbocycles. The van der Waals surface area contributed by atoms with Crippen molar-refractivity contribution in [3.63, 3.8) is 0 Å². The molecule has 1 fully saturated rings. The Labute approximate surface area is 155 Å². The molecule has 1 aromatic heterocycles. The second-order valence-electron chi connectivity index (χ2n) is 6.75. The van der Waals surface area contributed by atoms with Gasteiger partial charge in [-0.05, 0) is 31.8 Å². The normalized spacial score (nSPS) is 15.8. The first-order chi connectivity index (χ1) is 11.3. The monoisotopic (exact) mass is 393 g/mol. The molecule has 1 aliphatic heterocycles. The van der Waals surface area contributed by atoms with Crippen LogP contribution >= 0.6 is 12.4 Å². The molecule has 0 bridgehead atoms. The number of nitrogens with zero attached hydrogens (tertiary/aromatic N) is 3. The minimum Gasteiger partial charge on any atom is -0.317 e. The van der Waals surface area contributed by atoms with Crippen LogP contribution in [0.4, 0.5) is 5.95 Å². The Bertz CT molecular complexity index is 669. The molecule has 0 aliphatic carbocycles. The van der Waals surface area contributed by atoms with Crippen LogP contribution in [0, 0.1) is 5.92 Å². The van der Waals surface area contributed by atoms with Crippen molar-refractivity contribution >= 4 is 34.1 Å². The third kappa shape index (κ3) is 6.91. The smallest absolute Gasteiger partial charge is 0.227 e. The molecule has 0 aromatic carbocycles. The summed E-state index contributed by atoms with van der Waals surface area (Å²) in [4.78, 5) is 16.4. The highest BCUT2D eigenvalue weighted by Gasteiger charge is 2.22. The topological polar surface area (TPSA) is 106 Å². The Hall–Kier alpha value is -1.19. The van der Waals surface area contributed by atoms with Gasteiger partial charge in [-0.1, -0.05) is 13.8 Å². The molecule has 2 N–H and O–H groups in total. The summed E-state index contributed by atoms with van der Waals surface area (Å²) in [6.45, 7) is 5.58. The van der Waals surface area contributed by atoms with E-state index < -0.39 is 9.84 Å². The third-order valence-electron chi connectivity index (χ3n) is 3.96. The summed E-state index contributed by atoms with van der Waals surface area (Å²) in [5, 5.41) is 10.3. The van der Waals surface area contributed by atoms with E-state index in [1.807, 2.05) is 13.8 Å². The quantitative estimate of drug-likeness (QED) is 0.718. The van der Waals surface area contributed by atoms with E-state index in [9.17, 15) is 13.2 Å². The van der Waals surface area contributed by atoms with Crippen LogP contribution in [-0.4, -0.2) is 53.7 Å². The van der Waals surface area contributed by atoms with Gasteiger partial charge in [-0.25, -0.2) is 13.1 Å². The lowest BCUT2D eigenvalue weighted by Gasteiger charge is -2.19. The molecule has 1 aromatic rings. The molecule has 1 aliphatic rings. The molecule has 0 atom stereocenters. The molecule has 0 unspecified atom stereocenters. The first kappa shape index (κ1) is 21.9. The van der Waals surface area contributed by atoms with Gasteiger partial charge in [0.2, 0.25) is 11.9 Å². The Kier molecular flexibility index (Phi) is 8.30. The number of carbonyl (C=O) groups is 1. The lowest BCUT2D eigenvalue weighted by molar-refractivity contribution is -0.115. The minimum absolute atomic E-state index is 0. The summed E-state index contributed by atoms with van der Waals surface area (Å²) in [5.41, 5.74) is 0. The van der Waals surface area contributed by atoms with Crippen LogP contribution in [0.1, 0.15) is 44.9 Å². The van der Waals surface area contributed by atoms with Gasteiger partial charge in [0.05, 0.1) is 11.5 Å². The van der Waals surface area contributed by atoms with Crippen molar-refractivity contribution < 1.29 is 13.2 Å². The van der Waals surface area contributed by atoms with Crippen LogP contribution in [-0.2, 0) is 21.7 Å². The number of sulfone groups is 1. The van der Waals surface area contributed by atoms with Crippen molar-refractivity contribution in [1.29, 1.82) is 0 Å². The van der Waals surface area contributed by atoms with Crippen LogP contribution in [0.3, 0.4) is 0 Å². The molecule has 0 radical (unpaired) electrons. The second-order valence-corrected chi connectivity index (χ2v) is 8.98. The lowest BCUT2D eigenvalue weighted by Crippen LogP contribution is -2.27. The average Bonchev–Trinajstić information content (AvgIpc) is 2.86. The summed E-state index contributed by atoms with van der Waals surface area (Å²) in [7, 11) is -1.48. The van der Waals surface area contributed by atoms with E-state index in [2.05, 4.69) is 20.7 Å². The zero-order valence-corrected chi connectivity index (χ0v) is 16.6. The van der Waals surface area contributed by atoms with Crippen LogP contribution < -0.4 is 10.6 Å². The van der Waals surface area contributed by atoms with Gasteiger partial charge in [-0.15, -0.1) is 12.4 Å². The predicted molar refractivity (Wildman–Crippen MR) is 99.8 cm³/mol. The molecular formula is C15H28ClN5O3S. The van der Waals surface area contributed by atoms with Crippen molar-refractivity contribution in [3.05, 3.63) is 5.82 Å². The van der Waals surface area contributed by atoms with E-state index >= 15 is 0 Å². The molecule has 25 heavy (non-hydrogen) atoms. The highest BCUT2D eigenvalue weighted by atomic mass is 35.5. The number of anilines is 1. The van der Waals surface area contributed by atoms with E-state index in [1.54, 1.807) is 7.05 Å². The number of aromatic nitrogens is 3. The van der Waals surface area contributed by atoms with Gasteiger partial charge >= 0.3 is 0 Å². The third-order valence-corrected chi connectivity index (χ3v) is 5.96. The van der Waals surface area contributed by atoms with Gasteiger partial charge < -0.3 is 5.32 Å². The molecule has 144 valence electrons. The predicted octanol–water partition coefficient (Wildman–Crippen LogP) is 1.10.